The zero-order valence-corrected chi connectivity index (χ0v) is 14.3. The standard InChI is InChI=1S/C21H18N2O3/c1-26-17-10-8-16(9-11-17)20(24)18-6-2-3-7-19(18)21(25)23-14-15-5-4-12-22-13-15/h2-13H,14H2,1H3,(H,23,25). The minimum absolute atomic E-state index is 0.209. The number of methoxy groups -OCH3 is 1. The van der Waals surface area contributed by atoms with Crippen LogP contribution in [0.3, 0.4) is 0 Å². The Balaban J connectivity index is 1.80. The van der Waals surface area contributed by atoms with Gasteiger partial charge in [0.05, 0.1) is 12.7 Å². The van der Waals surface area contributed by atoms with Crippen molar-refractivity contribution in [3.05, 3.63) is 95.3 Å². The number of pyridine rings is 1. The fourth-order valence-corrected chi connectivity index (χ4v) is 2.56. The minimum atomic E-state index is -0.300. The number of nitrogens with one attached hydrogen (secondary N) is 1. The molecule has 0 aliphatic heterocycles. The van der Waals surface area contributed by atoms with Gasteiger partial charge >= 0.3 is 0 Å². The van der Waals surface area contributed by atoms with E-state index < -0.39 is 0 Å². The molecule has 0 fully saturated rings. The maximum absolute atomic E-state index is 12.8. The van der Waals surface area contributed by atoms with Gasteiger partial charge in [0.2, 0.25) is 0 Å². The van der Waals surface area contributed by atoms with E-state index >= 15 is 0 Å². The normalized spacial score (nSPS) is 10.2. The second-order valence-electron chi connectivity index (χ2n) is 5.65. The summed E-state index contributed by atoms with van der Waals surface area (Å²) < 4.78 is 5.11. The van der Waals surface area contributed by atoms with Gasteiger partial charge in [-0.25, -0.2) is 0 Å². The summed E-state index contributed by atoms with van der Waals surface area (Å²) in [6.45, 7) is 0.345. The van der Waals surface area contributed by atoms with Crippen LogP contribution in [0.15, 0.2) is 73.1 Å². The third-order valence-electron chi connectivity index (χ3n) is 3.94. The highest BCUT2D eigenvalue weighted by Gasteiger charge is 2.18. The summed E-state index contributed by atoms with van der Waals surface area (Å²) in [6.07, 6.45) is 3.36. The van der Waals surface area contributed by atoms with E-state index in [4.69, 9.17) is 4.74 Å². The lowest BCUT2D eigenvalue weighted by molar-refractivity contribution is 0.0939. The molecular weight excluding hydrogens is 328 g/mol. The summed E-state index contributed by atoms with van der Waals surface area (Å²) in [6, 6.07) is 17.3. The van der Waals surface area contributed by atoms with Gasteiger partial charge in [0.15, 0.2) is 5.78 Å². The molecule has 0 aliphatic carbocycles. The zero-order valence-electron chi connectivity index (χ0n) is 14.3. The van der Waals surface area contributed by atoms with E-state index in [9.17, 15) is 9.59 Å². The smallest absolute Gasteiger partial charge is 0.252 e. The van der Waals surface area contributed by atoms with Crippen molar-refractivity contribution in [2.75, 3.05) is 7.11 Å². The Morgan fingerprint density at radius 2 is 1.69 bits per heavy atom. The Labute approximate surface area is 151 Å². The van der Waals surface area contributed by atoms with E-state index in [1.165, 1.54) is 0 Å². The lowest BCUT2D eigenvalue weighted by atomic mass is 9.98. The number of ketones is 1. The average molecular weight is 346 g/mol. The van der Waals surface area contributed by atoms with Crippen molar-refractivity contribution in [1.82, 2.24) is 10.3 Å². The third kappa shape index (κ3) is 3.95. The van der Waals surface area contributed by atoms with E-state index in [1.807, 2.05) is 12.1 Å². The van der Waals surface area contributed by atoms with Crippen molar-refractivity contribution < 1.29 is 14.3 Å². The van der Waals surface area contributed by atoms with Gasteiger partial charge in [0, 0.05) is 30.1 Å². The van der Waals surface area contributed by atoms with Crippen LogP contribution >= 0.6 is 0 Å². The third-order valence-corrected chi connectivity index (χ3v) is 3.94. The van der Waals surface area contributed by atoms with Crippen LogP contribution in [0.5, 0.6) is 5.75 Å². The Morgan fingerprint density at radius 1 is 0.962 bits per heavy atom. The molecule has 2 aromatic carbocycles. The summed E-state index contributed by atoms with van der Waals surface area (Å²) >= 11 is 0. The van der Waals surface area contributed by atoms with Gasteiger partial charge in [0.25, 0.3) is 5.91 Å². The largest absolute Gasteiger partial charge is 0.497 e. The predicted octanol–water partition coefficient (Wildman–Crippen LogP) is 3.25. The molecule has 0 bridgehead atoms. The lowest BCUT2D eigenvalue weighted by Crippen LogP contribution is -2.25. The molecule has 5 heteroatoms. The first-order valence-electron chi connectivity index (χ1n) is 8.14. The fourth-order valence-electron chi connectivity index (χ4n) is 2.56. The van der Waals surface area contributed by atoms with Gasteiger partial charge in [-0.2, -0.15) is 0 Å². The molecule has 0 spiro atoms. The highest BCUT2D eigenvalue weighted by molar-refractivity contribution is 6.15. The van der Waals surface area contributed by atoms with Crippen molar-refractivity contribution in [3.63, 3.8) is 0 Å². The van der Waals surface area contributed by atoms with E-state index in [0.29, 0.717) is 29.0 Å². The number of nitrogens with zero attached hydrogens (tertiary/aromatic N) is 1. The average Bonchev–Trinajstić information content (AvgIpc) is 2.72. The number of benzene rings is 2. The molecule has 1 aromatic heterocycles. The van der Waals surface area contributed by atoms with Crippen molar-refractivity contribution in [1.29, 1.82) is 0 Å². The SMILES string of the molecule is COc1ccc(C(=O)c2ccccc2C(=O)NCc2cccnc2)cc1. The molecule has 0 saturated carbocycles. The number of ether oxygens (including phenoxy) is 1. The summed E-state index contributed by atoms with van der Waals surface area (Å²) in [7, 11) is 1.57. The maximum atomic E-state index is 12.8. The van der Waals surface area contributed by atoms with Gasteiger partial charge in [-0.3, -0.25) is 14.6 Å². The van der Waals surface area contributed by atoms with Gasteiger partial charge in [-0.1, -0.05) is 24.3 Å². The first-order valence-corrected chi connectivity index (χ1v) is 8.14. The van der Waals surface area contributed by atoms with Crippen molar-refractivity contribution >= 4 is 11.7 Å². The molecule has 1 heterocycles. The van der Waals surface area contributed by atoms with Crippen molar-refractivity contribution in [2.45, 2.75) is 6.54 Å². The van der Waals surface area contributed by atoms with Gasteiger partial charge in [-0.15, -0.1) is 0 Å². The van der Waals surface area contributed by atoms with Gasteiger partial charge in [0.1, 0.15) is 5.75 Å². The van der Waals surface area contributed by atoms with Crippen molar-refractivity contribution in [2.24, 2.45) is 0 Å². The number of amides is 1. The molecule has 0 saturated heterocycles. The van der Waals surface area contributed by atoms with Crippen LogP contribution in [0.4, 0.5) is 0 Å². The van der Waals surface area contributed by atoms with E-state index in [0.717, 1.165) is 5.56 Å². The maximum Gasteiger partial charge on any atom is 0.252 e. The first-order chi connectivity index (χ1) is 12.7. The number of aromatic nitrogens is 1. The molecule has 0 aliphatic rings. The second-order valence-corrected chi connectivity index (χ2v) is 5.65. The topological polar surface area (TPSA) is 68.3 Å². The minimum Gasteiger partial charge on any atom is -0.497 e. The molecular formula is C21H18N2O3. The van der Waals surface area contributed by atoms with Gasteiger partial charge in [-0.05, 0) is 42.0 Å². The monoisotopic (exact) mass is 346 g/mol. The van der Waals surface area contributed by atoms with Crippen LogP contribution < -0.4 is 10.1 Å². The molecule has 3 rings (SSSR count). The number of hydrogen-bond donors (Lipinski definition) is 1. The van der Waals surface area contributed by atoms with Crippen LogP contribution in [0.25, 0.3) is 0 Å². The Morgan fingerprint density at radius 3 is 2.35 bits per heavy atom. The van der Waals surface area contributed by atoms with E-state index in [1.54, 1.807) is 68.0 Å². The van der Waals surface area contributed by atoms with E-state index in [-0.39, 0.29) is 11.7 Å². The molecule has 1 amide bonds. The summed E-state index contributed by atoms with van der Waals surface area (Å²) in [5, 5.41) is 2.83. The molecule has 0 radical (unpaired) electrons. The number of hydrogen-bond acceptors (Lipinski definition) is 4. The molecule has 0 atom stereocenters. The molecule has 26 heavy (non-hydrogen) atoms. The molecule has 3 aromatic rings. The lowest BCUT2D eigenvalue weighted by Gasteiger charge is -2.10. The highest BCUT2D eigenvalue weighted by atomic mass is 16.5. The fraction of sp³-hybridized carbons (Fsp3) is 0.0952. The molecule has 1 N–H and O–H groups in total. The molecule has 5 nitrogen and oxygen atoms in total. The van der Waals surface area contributed by atoms with Crippen LogP contribution in [-0.4, -0.2) is 23.8 Å². The summed E-state index contributed by atoms with van der Waals surface area (Å²) in [4.78, 5) is 29.4. The zero-order chi connectivity index (χ0) is 18.4. The summed E-state index contributed by atoms with van der Waals surface area (Å²) in [5.74, 6) is 0.162. The first kappa shape index (κ1) is 17.4. The number of carbonyl (C=O) groups excluding carboxylic acids is 2. The predicted molar refractivity (Wildman–Crippen MR) is 98.3 cm³/mol. The van der Waals surface area contributed by atoms with E-state index in [2.05, 4.69) is 10.3 Å². The van der Waals surface area contributed by atoms with Crippen molar-refractivity contribution in [3.8, 4) is 5.75 Å². The Kier molecular flexibility index (Phi) is 5.39. The highest BCUT2D eigenvalue weighted by Crippen LogP contribution is 2.18. The van der Waals surface area contributed by atoms with Crippen LogP contribution in [0.2, 0.25) is 0 Å². The summed E-state index contributed by atoms with van der Waals surface area (Å²) in [5.41, 5.74) is 2.09. The van der Waals surface area contributed by atoms with Crippen LogP contribution in [0.1, 0.15) is 31.8 Å². The second kappa shape index (κ2) is 8.07. The van der Waals surface area contributed by atoms with Crippen LogP contribution in [-0.2, 0) is 6.54 Å². The molecule has 130 valence electrons. The van der Waals surface area contributed by atoms with Crippen LogP contribution in [0, 0.1) is 0 Å². The Bertz CT molecular complexity index is 906. The quantitative estimate of drug-likeness (QED) is 0.696. The number of carbonyl (C=O) groups is 2. The van der Waals surface area contributed by atoms with Gasteiger partial charge < -0.3 is 10.1 Å². The number of rotatable bonds is 6. The Hall–Kier alpha value is -3.47. The molecule has 0 unspecified atom stereocenters.